The van der Waals surface area contributed by atoms with E-state index in [2.05, 4.69) is 41.5 Å². The molecule has 7 nitrogen and oxygen atoms in total. The lowest BCUT2D eigenvalue weighted by Gasteiger charge is -2.19. The third-order valence-corrected chi connectivity index (χ3v) is 4.94. The van der Waals surface area contributed by atoms with Crippen LogP contribution in [0.1, 0.15) is 63.5 Å². The second-order valence-electron chi connectivity index (χ2n) is 8.83. The Bertz CT molecular complexity index is 1060. The average molecular weight is 408 g/mol. The van der Waals surface area contributed by atoms with Gasteiger partial charge in [-0.3, -0.25) is 9.59 Å². The van der Waals surface area contributed by atoms with Gasteiger partial charge in [-0.25, -0.2) is 9.67 Å². The molecule has 0 saturated heterocycles. The van der Waals surface area contributed by atoms with Crippen molar-refractivity contribution in [3.8, 4) is 0 Å². The summed E-state index contributed by atoms with van der Waals surface area (Å²) >= 11 is 0. The molecule has 30 heavy (non-hydrogen) atoms. The number of aromatic nitrogens is 3. The van der Waals surface area contributed by atoms with Gasteiger partial charge in [0.15, 0.2) is 5.65 Å². The number of fused-ring (bicyclic) bond motifs is 1. The first kappa shape index (κ1) is 21.5. The van der Waals surface area contributed by atoms with Gasteiger partial charge >= 0.3 is 0 Å². The minimum Gasteiger partial charge on any atom is -0.341 e. The van der Waals surface area contributed by atoms with Crippen LogP contribution in [0.15, 0.2) is 42.7 Å². The molecule has 0 aliphatic heterocycles. The molecule has 0 aliphatic rings. The molecular weight excluding hydrogens is 378 g/mol. The number of nitrogens with one attached hydrogen (secondary N) is 2. The van der Waals surface area contributed by atoms with E-state index >= 15 is 0 Å². The Hall–Kier alpha value is -3.22. The average Bonchev–Trinajstić information content (AvgIpc) is 3.10. The fraction of sp³-hybridized carbons (Fsp3) is 0.391. The number of carbonyl (C=O) groups is 2. The van der Waals surface area contributed by atoms with Crippen LogP contribution >= 0.6 is 0 Å². The second kappa shape index (κ2) is 8.26. The van der Waals surface area contributed by atoms with Gasteiger partial charge in [-0.1, -0.05) is 32.9 Å². The number of carbonyl (C=O) groups excluding carboxylic acids is 2. The SMILES string of the molecule is CC(NC(=O)c1ccc(C(C)(C)C)cc1)C(=O)Nc1cnc2c(cnn2C(C)C)c1. The molecular formula is C23H29N5O2. The Morgan fingerprint density at radius 1 is 1.03 bits per heavy atom. The number of nitrogens with zero attached hydrogens (tertiary/aromatic N) is 3. The van der Waals surface area contributed by atoms with E-state index in [1.165, 1.54) is 0 Å². The normalized spacial score (nSPS) is 12.8. The summed E-state index contributed by atoms with van der Waals surface area (Å²) in [4.78, 5) is 29.4. The van der Waals surface area contributed by atoms with E-state index in [1.807, 2.05) is 36.7 Å². The van der Waals surface area contributed by atoms with Gasteiger partial charge in [-0.05, 0) is 49.9 Å². The lowest BCUT2D eigenvalue weighted by atomic mass is 9.86. The highest BCUT2D eigenvalue weighted by Crippen LogP contribution is 2.22. The van der Waals surface area contributed by atoms with E-state index in [4.69, 9.17) is 0 Å². The van der Waals surface area contributed by atoms with Gasteiger partial charge in [0.25, 0.3) is 5.91 Å². The zero-order valence-corrected chi connectivity index (χ0v) is 18.4. The molecule has 0 bridgehead atoms. The standard InChI is InChI=1S/C23H29N5O2/c1-14(2)28-20-17(12-25-28)11-19(13-24-20)27-21(29)15(3)26-22(30)16-7-9-18(10-8-16)23(4,5)6/h7-15H,1-6H3,(H,26,30)(H,27,29). The fourth-order valence-corrected chi connectivity index (χ4v) is 3.10. The van der Waals surface area contributed by atoms with Gasteiger partial charge in [0.2, 0.25) is 5.91 Å². The van der Waals surface area contributed by atoms with Crippen LogP contribution < -0.4 is 10.6 Å². The number of benzene rings is 1. The Kier molecular flexibility index (Phi) is 5.92. The van der Waals surface area contributed by atoms with Gasteiger partial charge in [0, 0.05) is 17.0 Å². The van der Waals surface area contributed by atoms with E-state index < -0.39 is 6.04 Å². The van der Waals surface area contributed by atoms with Crippen molar-refractivity contribution in [1.82, 2.24) is 20.1 Å². The van der Waals surface area contributed by atoms with Crippen molar-refractivity contribution in [3.05, 3.63) is 53.9 Å². The molecule has 2 aromatic heterocycles. The molecule has 0 aliphatic carbocycles. The minimum atomic E-state index is -0.700. The van der Waals surface area contributed by atoms with Crippen molar-refractivity contribution >= 4 is 28.5 Å². The van der Waals surface area contributed by atoms with E-state index in [1.54, 1.807) is 31.5 Å². The molecule has 2 amide bonds. The molecule has 1 unspecified atom stereocenters. The quantitative estimate of drug-likeness (QED) is 0.667. The number of rotatable bonds is 5. The first-order chi connectivity index (χ1) is 14.1. The van der Waals surface area contributed by atoms with Crippen molar-refractivity contribution in [3.63, 3.8) is 0 Å². The Labute approximate surface area is 176 Å². The van der Waals surface area contributed by atoms with Crippen LogP contribution in [0.4, 0.5) is 5.69 Å². The van der Waals surface area contributed by atoms with Crippen LogP contribution in [0.25, 0.3) is 11.0 Å². The molecule has 158 valence electrons. The van der Waals surface area contributed by atoms with Gasteiger partial charge in [0.1, 0.15) is 6.04 Å². The fourth-order valence-electron chi connectivity index (χ4n) is 3.10. The molecule has 7 heteroatoms. The van der Waals surface area contributed by atoms with Crippen LogP contribution in [-0.4, -0.2) is 32.6 Å². The summed E-state index contributed by atoms with van der Waals surface area (Å²) in [6, 6.07) is 8.77. The topological polar surface area (TPSA) is 88.9 Å². The zero-order valence-electron chi connectivity index (χ0n) is 18.4. The zero-order chi connectivity index (χ0) is 22.1. The highest BCUT2D eigenvalue weighted by atomic mass is 16.2. The van der Waals surface area contributed by atoms with E-state index in [-0.39, 0.29) is 23.3 Å². The van der Waals surface area contributed by atoms with Crippen molar-refractivity contribution in [2.45, 2.75) is 59.0 Å². The van der Waals surface area contributed by atoms with Crippen molar-refractivity contribution < 1.29 is 9.59 Å². The number of hydrogen-bond donors (Lipinski definition) is 2. The molecule has 3 aromatic rings. The van der Waals surface area contributed by atoms with Gasteiger partial charge in [-0.15, -0.1) is 0 Å². The molecule has 2 heterocycles. The molecule has 0 spiro atoms. The molecule has 2 N–H and O–H groups in total. The molecule has 3 rings (SSSR count). The second-order valence-corrected chi connectivity index (χ2v) is 8.83. The molecule has 1 aromatic carbocycles. The first-order valence-electron chi connectivity index (χ1n) is 10.1. The summed E-state index contributed by atoms with van der Waals surface area (Å²) in [5.41, 5.74) is 3.01. The smallest absolute Gasteiger partial charge is 0.251 e. The van der Waals surface area contributed by atoms with Crippen LogP contribution in [-0.2, 0) is 10.2 Å². The minimum absolute atomic E-state index is 0.0169. The van der Waals surface area contributed by atoms with Crippen LogP contribution in [0, 0.1) is 0 Å². The maximum absolute atomic E-state index is 12.5. The lowest BCUT2D eigenvalue weighted by Crippen LogP contribution is -2.41. The third-order valence-electron chi connectivity index (χ3n) is 4.94. The summed E-state index contributed by atoms with van der Waals surface area (Å²) in [5, 5.41) is 10.7. The highest BCUT2D eigenvalue weighted by molar-refractivity contribution is 6.01. The summed E-state index contributed by atoms with van der Waals surface area (Å²) in [7, 11) is 0. The predicted octanol–water partition coefficient (Wildman–Crippen LogP) is 4.07. The maximum atomic E-state index is 12.5. The van der Waals surface area contributed by atoms with Crippen molar-refractivity contribution in [1.29, 1.82) is 0 Å². The Balaban J connectivity index is 1.64. The van der Waals surface area contributed by atoms with E-state index in [0.717, 1.165) is 16.6 Å². The molecule has 0 radical (unpaired) electrons. The molecule has 0 fully saturated rings. The van der Waals surface area contributed by atoms with Gasteiger partial charge < -0.3 is 10.6 Å². The lowest BCUT2D eigenvalue weighted by molar-refractivity contribution is -0.117. The van der Waals surface area contributed by atoms with E-state index in [0.29, 0.717) is 11.3 Å². The Morgan fingerprint density at radius 3 is 2.30 bits per heavy atom. The van der Waals surface area contributed by atoms with Gasteiger partial charge in [0.05, 0.1) is 18.1 Å². The predicted molar refractivity (Wildman–Crippen MR) is 119 cm³/mol. The summed E-state index contributed by atoms with van der Waals surface area (Å²) in [5.74, 6) is -0.600. The van der Waals surface area contributed by atoms with Crippen molar-refractivity contribution in [2.24, 2.45) is 0 Å². The van der Waals surface area contributed by atoms with Gasteiger partial charge in [-0.2, -0.15) is 5.10 Å². The summed E-state index contributed by atoms with van der Waals surface area (Å²) in [6.45, 7) is 12.1. The van der Waals surface area contributed by atoms with Crippen LogP contribution in [0.3, 0.4) is 0 Å². The summed E-state index contributed by atoms with van der Waals surface area (Å²) < 4.78 is 1.83. The largest absolute Gasteiger partial charge is 0.341 e. The number of pyridine rings is 1. The molecule has 1 atom stereocenters. The van der Waals surface area contributed by atoms with Crippen molar-refractivity contribution in [2.75, 3.05) is 5.32 Å². The monoisotopic (exact) mass is 407 g/mol. The maximum Gasteiger partial charge on any atom is 0.251 e. The van der Waals surface area contributed by atoms with E-state index in [9.17, 15) is 9.59 Å². The third kappa shape index (κ3) is 4.67. The highest BCUT2D eigenvalue weighted by Gasteiger charge is 2.19. The number of hydrogen-bond acceptors (Lipinski definition) is 4. The molecule has 0 saturated carbocycles. The Morgan fingerprint density at radius 2 is 1.70 bits per heavy atom. The first-order valence-corrected chi connectivity index (χ1v) is 10.1. The van der Waals surface area contributed by atoms with Crippen LogP contribution in [0.2, 0.25) is 0 Å². The number of amides is 2. The number of anilines is 1. The summed E-state index contributed by atoms with van der Waals surface area (Å²) in [6.07, 6.45) is 3.32. The van der Waals surface area contributed by atoms with Crippen LogP contribution in [0.5, 0.6) is 0 Å².